The molecule has 0 bridgehead atoms. The quantitative estimate of drug-likeness (QED) is 0.711. The molecule has 1 fully saturated rings. The molecule has 1 aliphatic carbocycles. The lowest BCUT2D eigenvalue weighted by Crippen LogP contribution is -2.52. The molecule has 30 heavy (non-hydrogen) atoms. The Balaban J connectivity index is 1.77. The molecule has 0 spiro atoms. The summed E-state index contributed by atoms with van der Waals surface area (Å²) in [5.41, 5.74) is 0.524. The van der Waals surface area contributed by atoms with Crippen molar-refractivity contribution >= 4 is 11.7 Å². The van der Waals surface area contributed by atoms with Gasteiger partial charge in [-0.15, -0.1) is 0 Å². The van der Waals surface area contributed by atoms with Crippen LogP contribution in [0.1, 0.15) is 73.4 Å². The molecule has 1 aromatic heterocycles. The number of rotatable bonds is 7. The first kappa shape index (κ1) is 22.7. The topological polar surface area (TPSA) is 91.5 Å². The number of fused-ring (bicyclic) bond motifs is 1. The third-order valence-electron chi connectivity index (χ3n) is 6.54. The number of hydrogen-bond acceptors (Lipinski definition) is 5. The Hall–Kier alpha value is -1.99. The van der Waals surface area contributed by atoms with Gasteiger partial charge in [0.2, 0.25) is 0 Å². The number of carbonyl (C=O) groups is 2. The summed E-state index contributed by atoms with van der Waals surface area (Å²) in [7, 11) is 0. The average Bonchev–Trinajstić information content (AvgIpc) is 2.70. The number of H-pyrrole nitrogens is 1. The van der Waals surface area contributed by atoms with Gasteiger partial charge in [0.25, 0.3) is 11.5 Å². The largest absolute Gasteiger partial charge is 0.379 e. The molecule has 2 aliphatic rings. The van der Waals surface area contributed by atoms with Crippen LogP contribution in [0.25, 0.3) is 0 Å². The van der Waals surface area contributed by atoms with Crippen LogP contribution in [0.2, 0.25) is 0 Å². The zero-order valence-corrected chi connectivity index (χ0v) is 18.7. The maximum atomic E-state index is 12.9. The van der Waals surface area contributed by atoms with Crippen molar-refractivity contribution in [3.63, 3.8) is 0 Å². The molecule has 2 N–H and O–H groups in total. The van der Waals surface area contributed by atoms with Gasteiger partial charge in [0.15, 0.2) is 5.78 Å². The van der Waals surface area contributed by atoms with E-state index in [4.69, 9.17) is 4.74 Å². The molecule has 1 amide bonds. The van der Waals surface area contributed by atoms with E-state index in [1.165, 1.54) is 6.07 Å². The van der Waals surface area contributed by atoms with Crippen molar-refractivity contribution in [2.75, 3.05) is 32.8 Å². The van der Waals surface area contributed by atoms with Crippen LogP contribution >= 0.6 is 0 Å². The third-order valence-corrected chi connectivity index (χ3v) is 6.54. The van der Waals surface area contributed by atoms with Crippen LogP contribution in [0.15, 0.2) is 10.9 Å². The minimum Gasteiger partial charge on any atom is -0.379 e. The average molecular weight is 418 g/mol. The molecule has 1 aliphatic heterocycles. The van der Waals surface area contributed by atoms with Crippen molar-refractivity contribution in [3.8, 4) is 0 Å². The molecule has 2 heterocycles. The number of ether oxygens (including phenoxy) is 1. The maximum Gasteiger partial charge on any atom is 0.261 e. The lowest BCUT2D eigenvalue weighted by atomic mass is 9.75. The molecule has 0 saturated carbocycles. The van der Waals surface area contributed by atoms with E-state index < -0.39 is 11.5 Å². The van der Waals surface area contributed by atoms with E-state index in [9.17, 15) is 14.4 Å². The fourth-order valence-electron chi connectivity index (χ4n) is 4.82. The van der Waals surface area contributed by atoms with Crippen molar-refractivity contribution in [1.82, 2.24) is 15.2 Å². The number of aromatic nitrogens is 1. The normalized spacial score (nSPS) is 20.1. The monoisotopic (exact) mass is 417 g/mol. The number of morpholine rings is 1. The Kier molecular flexibility index (Phi) is 7.14. The van der Waals surface area contributed by atoms with E-state index in [-0.39, 0.29) is 22.8 Å². The minimum atomic E-state index is -0.429. The van der Waals surface area contributed by atoms with E-state index in [2.05, 4.69) is 29.0 Å². The summed E-state index contributed by atoms with van der Waals surface area (Å²) in [6.45, 7) is 11.9. The Labute approximate surface area is 178 Å². The molecule has 0 aromatic carbocycles. The number of aromatic amines is 1. The molecule has 1 unspecified atom stereocenters. The molecular formula is C23H35N3O4. The summed E-state index contributed by atoms with van der Waals surface area (Å²) in [5, 5.41) is 2.97. The van der Waals surface area contributed by atoms with Crippen LogP contribution in [-0.2, 0) is 11.2 Å². The predicted molar refractivity (Wildman–Crippen MR) is 116 cm³/mol. The highest BCUT2D eigenvalue weighted by atomic mass is 16.5. The fraction of sp³-hybridized carbons (Fsp3) is 0.696. The summed E-state index contributed by atoms with van der Waals surface area (Å²) >= 11 is 0. The van der Waals surface area contributed by atoms with Crippen LogP contribution in [-0.4, -0.2) is 60.5 Å². The Morgan fingerprint density at radius 3 is 2.50 bits per heavy atom. The van der Waals surface area contributed by atoms with Gasteiger partial charge in [-0.25, -0.2) is 0 Å². The maximum absolute atomic E-state index is 12.9. The molecular weight excluding hydrogens is 382 g/mol. The van der Waals surface area contributed by atoms with E-state index in [1.807, 2.05) is 13.8 Å². The van der Waals surface area contributed by atoms with Gasteiger partial charge in [-0.05, 0) is 23.8 Å². The first-order valence-electron chi connectivity index (χ1n) is 11.1. The minimum absolute atomic E-state index is 0.0187. The van der Waals surface area contributed by atoms with Gasteiger partial charge in [0, 0.05) is 43.4 Å². The number of amides is 1. The van der Waals surface area contributed by atoms with Gasteiger partial charge in [-0.2, -0.15) is 0 Å². The molecule has 3 rings (SSSR count). The highest BCUT2D eigenvalue weighted by Gasteiger charge is 2.33. The molecule has 166 valence electrons. The third kappa shape index (κ3) is 5.01. The summed E-state index contributed by atoms with van der Waals surface area (Å²) in [6, 6.07) is 1.69. The second-order valence-corrected chi connectivity index (χ2v) is 9.35. The lowest BCUT2D eigenvalue weighted by Gasteiger charge is -2.38. The van der Waals surface area contributed by atoms with Crippen molar-refractivity contribution in [3.05, 3.63) is 33.2 Å². The van der Waals surface area contributed by atoms with Crippen LogP contribution in [0.3, 0.4) is 0 Å². The van der Waals surface area contributed by atoms with Gasteiger partial charge < -0.3 is 15.0 Å². The van der Waals surface area contributed by atoms with Gasteiger partial charge in [0.05, 0.1) is 13.2 Å². The smallest absolute Gasteiger partial charge is 0.261 e. The molecule has 7 nitrogen and oxygen atoms in total. The van der Waals surface area contributed by atoms with Crippen molar-refractivity contribution in [1.29, 1.82) is 0 Å². The summed E-state index contributed by atoms with van der Waals surface area (Å²) < 4.78 is 5.48. The van der Waals surface area contributed by atoms with Gasteiger partial charge in [0.1, 0.15) is 5.56 Å². The van der Waals surface area contributed by atoms with Crippen LogP contribution < -0.4 is 10.9 Å². The standard InChI is InChI=1S/C23H35N3O4/c1-5-15(6-2)19(26-7-9-30-10-8-26)14-24-21(28)17-11-16-18(25-22(17)29)12-23(3,4)13-20(16)27/h11,15,19H,5-10,12-14H2,1-4H3,(H,24,28)(H,25,29). The Bertz CT molecular complexity index is 835. The zero-order chi connectivity index (χ0) is 21.9. The number of nitrogens with zero attached hydrogens (tertiary/aromatic N) is 1. The molecule has 1 aromatic rings. The molecule has 0 radical (unpaired) electrons. The van der Waals surface area contributed by atoms with E-state index >= 15 is 0 Å². The second-order valence-electron chi connectivity index (χ2n) is 9.35. The van der Waals surface area contributed by atoms with E-state index in [1.54, 1.807) is 0 Å². The molecule has 1 atom stereocenters. The first-order valence-corrected chi connectivity index (χ1v) is 11.1. The van der Waals surface area contributed by atoms with E-state index in [0.717, 1.165) is 25.9 Å². The van der Waals surface area contributed by atoms with Gasteiger partial charge in [-0.3, -0.25) is 19.3 Å². The van der Waals surface area contributed by atoms with Gasteiger partial charge >= 0.3 is 0 Å². The number of ketones is 1. The SMILES string of the molecule is CCC(CC)C(CNC(=O)c1cc2c([nH]c1=O)CC(C)(C)CC2=O)N1CCOCC1. The van der Waals surface area contributed by atoms with Crippen molar-refractivity contribution in [2.24, 2.45) is 11.3 Å². The highest BCUT2D eigenvalue weighted by molar-refractivity contribution is 6.02. The number of nitrogens with one attached hydrogen (secondary N) is 2. The molecule has 7 heteroatoms. The van der Waals surface area contributed by atoms with Crippen molar-refractivity contribution < 1.29 is 14.3 Å². The fourth-order valence-corrected chi connectivity index (χ4v) is 4.82. The van der Waals surface area contributed by atoms with Crippen molar-refractivity contribution in [2.45, 2.75) is 59.4 Å². The number of carbonyl (C=O) groups excluding carboxylic acids is 2. The van der Waals surface area contributed by atoms with Crippen LogP contribution in [0, 0.1) is 11.3 Å². The second kappa shape index (κ2) is 9.43. The predicted octanol–water partition coefficient (Wildman–Crippen LogP) is 2.40. The summed E-state index contributed by atoms with van der Waals surface area (Å²) in [5.74, 6) is 0.0182. The molecule has 1 saturated heterocycles. The summed E-state index contributed by atoms with van der Waals surface area (Å²) in [4.78, 5) is 43.2. The first-order chi connectivity index (χ1) is 14.3. The Morgan fingerprint density at radius 2 is 1.87 bits per heavy atom. The number of Topliss-reactive ketones (excluding diaryl/α,β-unsaturated/α-hetero) is 1. The number of hydrogen-bond donors (Lipinski definition) is 2. The zero-order valence-electron chi connectivity index (χ0n) is 18.7. The highest BCUT2D eigenvalue weighted by Crippen LogP contribution is 2.33. The Morgan fingerprint density at radius 1 is 1.20 bits per heavy atom. The van der Waals surface area contributed by atoms with Crippen LogP contribution in [0.4, 0.5) is 0 Å². The van der Waals surface area contributed by atoms with E-state index in [0.29, 0.717) is 49.8 Å². The number of pyridine rings is 1. The van der Waals surface area contributed by atoms with Gasteiger partial charge in [-0.1, -0.05) is 40.5 Å². The lowest BCUT2D eigenvalue weighted by molar-refractivity contribution is 0.00191. The van der Waals surface area contributed by atoms with Crippen LogP contribution in [0.5, 0.6) is 0 Å². The summed E-state index contributed by atoms with van der Waals surface area (Å²) in [6.07, 6.45) is 3.09.